The number of aromatic nitrogens is 1. The molecule has 4 rings (SSSR count). The van der Waals surface area contributed by atoms with Crippen LogP contribution in [0.15, 0.2) is 65.0 Å². The molecule has 0 aliphatic carbocycles. The fourth-order valence-electron chi connectivity index (χ4n) is 3.22. The minimum absolute atomic E-state index is 0.122. The van der Waals surface area contributed by atoms with E-state index in [-0.39, 0.29) is 17.7 Å². The zero-order chi connectivity index (χ0) is 24.1. The summed E-state index contributed by atoms with van der Waals surface area (Å²) in [7, 11) is 1.59. The van der Waals surface area contributed by atoms with Gasteiger partial charge in [-0.15, -0.1) is 11.3 Å². The van der Waals surface area contributed by atoms with Crippen LogP contribution in [0.1, 0.15) is 11.1 Å². The molecule has 7 nitrogen and oxygen atoms in total. The zero-order valence-electron chi connectivity index (χ0n) is 19.0. The normalized spacial score (nSPS) is 10.7. The number of urea groups is 1. The lowest BCUT2D eigenvalue weighted by molar-refractivity contribution is -0.113. The van der Waals surface area contributed by atoms with E-state index < -0.39 is 0 Å². The molecule has 0 saturated carbocycles. The molecule has 0 unspecified atom stereocenters. The van der Waals surface area contributed by atoms with E-state index in [1.165, 1.54) is 23.1 Å². The topological polar surface area (TPSA) is 92.3 Å². The number of hydrogen-bond donors (Lipinski definition) is 3. The molecule has 0 aliphatic rings. The lowest BCUT2D eigenvalue weighted by Crippen LogP contribution is -2.19. The van der Waals surface area contributed by atoms with Gasteiger partial charge in [0.05, 0.1) is 23.1 Å². The van der Waals surface area contributed by atoms with Crippen molar-refractivity contribution >= 4 is 62.3 Å². The lowest BCUT2D eigenvalue weighted by atomic mass is 10.1. The molecule has 0 radical (unpaired) electrons. The maximum atomic E-state index is 12.5. The third kappa shape index (κ3) is 6.06. The number of aryl methyl sites for hydroxylation is 2. The fraction of sp³-hybridized carbons (Fsp3) is 0.160. The minimum atomic E-state index is -0.304. The Kier molecular flexibility index (Phi) is 7.34. The second kappa shape index (κ2) is 10.6. The standard InChI is InChI=1S/C25H24N4O3S2/c1-15-7-8-16(2)21(11-15)28-24(31)27-18-9-10-20-22(13-18)34-25(29-20)33-14-23(30)26-17-5-4-6-19(12-17)32-3/h4-13H,14H2,1-3H3,(H,26,30)(H2,27,28,31). The Morgan fingerprint density at radius 1 is 0.971 bits per heavy atom. The highest BCUT2D eigenvalue weighted by Crippen LogP contribution is 2.31. The molecule has 4 aromatic rings. The number of nitrogens with one attached hydrogen (secondary N) is 3. The molecule has 1 heterocycles. The van der Waals surface area contributed by atoms with E-state index in [0.29, 0.717) is 17.1 Å². The van der Waals surface area contributed by atoms with E-state index in [1.54, 1.807) is 13.2 Å². The first kappa shape index (κ1) is 23.6. The first-order valence-corrected chi connectivity index (χ1v) is 12.3. The third-order valence-electron chi connectivity index (χ3n) is 4.95. The fourth-order valence-corrected chi connectivity index (χ4v) is 5.13. The molecule has 0 fully saturated rings. The number of amides is 3. The summed E-state index contributed by atoms with van der Waals surface area (Å²) in [5.74, 6) is 0.798. The van der Waals surface area contributed by atoms with E-state index in [9.17, 15) is 9.59 Å². The summed E-state index contributed by atoms with van der Waals surface area (Å²) < 4.78 is 6.89. The number of anilines is 3. The Hall–Kier alpha value is -3.56. The number of ether oxygens (including phenoxy) is 1. The Morgan fingerprint density at radius 2 is 1.79 bits per heavy atom. The van der Waals surface area contributed by atoms with Crippen molar-refractivity contribution in [1.82, 2.24) is 4.98 Å². The van der Waals surface area contributed by atoms with Crippen molar-refractivity contribution in [2.45, 2.75) is 18.2 Å². The van der Waals surface area contributed by atoms with Crippen LogP contribution < -0.4 is 20.7 Å². The predicted molar refractivity (Wildman–Crippen MR) is 141 cm³/mol. The summed E-state index contributed by atoms with van der Waals surface area (Å²) in [4.78, 5) is 29.4. The summed E-state index contributed by atoms with van der Waals surface area (Å²) in [5.41, 5.74) is 5.03. The number of thioether (sulfide) groups is 1. The number of carbonyl (C=O) groups is 2. The van der Waals surface area contributed by atoms with Gasteiger partial charge in [-0.1, -0.05) is 30.0 Å². The van der Waals surface area contributed by atoms with Crippen molar-refractivity contribution < 1.29 is 14.3 Å². The van der Waals surface area contributed by atoms with Gasteiger partial charge in [0.25, 0.3) is 0 Å². The van der Waals surface area contributed by atoms with Gasteiger partial charge >= 0.3 is 6.03 Å². The molecule has 0 saturated heterocycles. The zero-order valence-corrected chi connectivity index (χ0v) is 20.6. The summed E-state index contributed by atoms with van der Waals surface area (Å²) >= 11 is 2.85. The molecule has 174 valence electrons. The molecule has 3 N–H and O–H groups in total. The van der Waals surface area contributed by atoms with Gasteiger partial charge in [-0.2, -0.15) is 0 Å². The monoisotopic (exact) mass is 492 g/mol. The summed E-state index contributed by atoms with van der Waals surface area (Å²) in [5, 5.41) is 8.63. The van der Waals surface area contributed by atoms with Gasteiger partial charge in [0.1, 0.15) is 5.75 Å². The molecule has 34 heavy (non-hydrogen) atoms. The second-order valence-electron chi connectivity index (χ2n) is 7.63. The summed E-state index contributed by atoms with van der Waals surface area (Å²) in [6.07, 6.45) is 0. The largest absolute Gasteiger partial charge is 0.497 e. The van der Waals surface area contributed by atoms with Crippen LogP contribution in [0, 0.1) is 13.8 Å². The molecule has 9 heteroatoms. The molecule has 0 spiro atoms. The van der Waals surface area contributed by atoms with Crippen molar-refractivity contribution in [3.05, 3.63) is 71.8 Å². The van der Waals surface area contributed by atoms with Crippen LogP contribution in [0.4, 0.5) is 21.9 Å². The number of benzene rings is 3. The number of nitrogens with zero attached hydrogens (tertiary/aromatic N) is 1. The molecule has 3 aromatic carbocycles. The number of fused-ring (bicyclic) bond motifs is 1. The molecule has 0 bridgehead atoms. The molecular weight excluding hydrogens is 468 g/mol. The molecule has 0 aliphatic heterocycles. The molecular formula is C25H24N4O3S2. The van der Waals surface area contributed by atoms with Crippen molar-refractivity contribution in [3.8, 4) is 5.75 Å². The van der Waals surface area contributed by atoms with Crippen LogP contribution in [0.25, 0.3) is 10.2 Å². The van der Waals surface area contributed by atoms with Crippen LogP contribution in [0.3, 0.4) is 0 Å². The van der Waals surface area contributed by atoms with Crippen LogP contribution in [-0.4, -0.2) is 29.8 Å². The van der Waals surface area contributed by atoms with Gasteiger partial charge in [0.15, 0.2) is 4.34 Å². The first-order valence-electron chi connectivity index (χ1n) is 10.5. The van der Waals surface area contributed by atoms with Crippen molar-refractivity contribution in [1.29, 1.82) is 0 Å². The lowest BCUT2D eigenvalue weighted by Gasteiger charge is -2.10. The number of hydrogen-bond acceptors (Lipinski definition) is 6. The van der Waals surface area contributed by atoms with Gasteiger partial charge < -0.3 is 20.7 Å². The second-order valence-corrected chi connectivity index (χ2v) is 9.88. The Morgan fingerprint density at radius 3 is 2.62 bits per heavy atom. The van der Waals surface area contributed by atoms with Crippen LogP contribution in [0.5, 0.6) is 5.75 Å². The Bertz CT molecular complexity index is 1350. The van der Waals surface area contributed by atoms with E-state index >= 15 is 0 Å². The van der Waals surface area contributed by atoms with E-state index in [1.807, 2.05) is 68.4 Å². The average molecular weight is 493 g/mol. The SMILES string of the molecule is COc1cccc(NC(=O)CSc2nc3ccc(NC(=O)Nc4cc(C)ccc4C)cc3s2)c1. The molecule has 3 amide bonds. The van der Waals surface area contributed by atoms with Crippen molar-refractivity contribution in [2.75, 3.05) is 28.8 Å². The Balaban J connectivity index is 1.35. The summed E-state index contributed by atoms with van der Waals surface area (Å²) in [6.45, 7) is 3.94. The quantitative estimate of drug-likeness (QED) is 0.263. The van der Waals surface area contributed by atoms with Gasteiger partial charge in [-0.25, -0.2) is 9.78 Å². The highest BCUT2D eigenvalue weighted by molar-refractivity contribution is 8.01. The van der Waals surface area contributed by atoms with E-state index in [4.69, 9.17) is 4.74 Å². The predicted octanol–water partition coefficient (Wildman–Crippen LogP) is 6.30. The number of carbonyl (C=O) groups excluding carboxylic acids is 2. The minimum Gasteiger partial charge on any atom is -0.497 e. The van der Waals surface area contributed by atoms with E-state index in [0.717, 1.165) is 31.4 Å². The third-order valence-corrected chi connectivity index (χ3v) is 7.11. The van der Waals surface area contributed by atoms with Gasteiger partial charge in [-0.3, -0.25) is 4.79 Å². The smallest absolute Gasteiger partial charge is 0.323 e. The van der Waals surface area contributed by atoms with Gasteiger partial charge in [-0.05, 0) is 61.4 Å². The van der Waals surface area contributed by atoms with Crippen molar-refractivity contribution in [2.24, 2.45) is 0 Å². The molecule has 1 aromatic heterocycles. The maximum Gasteiger partial charge on any atom is 0.323 e. The van der Waals surface area contributed by atoms with Gasteiger partial charge in [0.2, 0.25) is 5.91 Å². The van der Waals surface area contributed by atoms with Crippen molar-refractivity contribution in [3.63, 3.8) is 0 Å². The van der Waals surface area contributed by atoms with Crippen LogP contribution in [0.2, 0.25) is 0 Å². The molecule has 0 atom stereocenters. The number of methoxy groups -OCH3 is 1. The van der Waals surface area contributed by atoms with Crippen LogP contribution in [-0.2, 0) is 4.79 Å². The highest BCUT2D eigenvalue weighted by atomic mass is 32.2. The van der Waals surface area contributed by atoms with Crippen LogP contribution >= 0.6 is 23.1 Å². The number of thiazole rings is 1. The number of rotatable bonds is 7. The summed E-state index contributed by atoms with van der Waals surface area (Å²) in [6, 6.07) is 18.4. The van der Waals surface area contributed by atoms with E-state index in [2.05, 4.69) is 20.9 Å². The average Bonchev–Trinajstić information content (AvgIpc) is 3.22. The van der Waals surface area contributed by atoms with Gasteiger partial charge in [0, 0.05) is 23.1 Å². The highest BCUT2D eigenvalue weighted by Gasteiger charge is 2.11. The Labute approximate surface area is 205 Å². The maximum absolute atomic E-state index is 12.5. The first-order chi connectivity index (χ1) is 16.4.